The van der Waals surface area contributed by atoms with Crippen LogP contribution in [0, 0.1) is 6.92 Å². The van der Waals surface area contributed by atoms with E-state index < -0.39 is 17.6 Å². The van der Waals surface area contributed by atoms with Crippen molar-refractivity contribution in [1.82, 2.24) is 9.97 Å². The van der Waals surface area contributed by atoms with Crippen LogP contribution in [0.2, 0.25) is 0 Å². The lowest BCUT2D eigenvalue weighted by Crippen LogP contribution is -2.16. The monoisotopic (exact) mass is 461 g/mol. The van der Waals surface area contributed by atoms with Crippen LogP contribution in [0.1, 0.15) is 32.7 Å². The van der Waals surface area contributed by atoms with E-state index in [1.54, 1.807) is 42.6 Å². The zero-order valence-corrected chi connectivity index (χ0v) is 18.4. The van der Waals surface area contributed by atoms with Gasteiger partial charge in [0.25, 0.3) is 5.91 Å². The third-order valence-electron chi connectivity index (χ3n) is 5.52. The van der Waals surface area contributed by atoms with E-state index in [9.17, 15) is 18.0 Å². The molecule has 4 nitrogen and oxygen atoms in total. The molecule has 0 radical (unpaired) electrons. The Morgan fingerprint density at radius 1 is 0.941 bits per heavy atom. The summed E-state index contributed by atoms with van der Waals surface area (Å²) in [6.45, 7) is 1.40. The van der Waals surface area contributed by atoms with Gasteiger partial charge in [0.2, 0.25) is 0 Å². The molecule has 0 aliphatic carbocycles. The molecule has 0 saturated carbocycles. The van der Waals surface area contributed by atoms with E-state index in [1.807, 2.05) is 24.3 Å². The maximum atomic E-state index is 13.6. The molecule has 0 aliphatic rings. The molecule has 0 fully saturated rings. The lowest BCUT2D eigenvalue weighted by atomic mass is 9.93. The van der Waals surface area contributed by atoms with Crippen LogP contribution in [-0.4, -0.2) is 15.9 Å². The number of anilines is 1. The third kappa shape index (κ3) is 5.49. The molecule has 1 heterocycles. The van der Waals surface area contributed by atoms with Gasteiger partial charge in [0.05, 0.1) is 5.56 Å². The quantitative estimate of drug-likeness (QED) is 0.356. The summed E-state index contributed by atoms with van der Waals surface area (Å²) in [5.74, 6) is -0.599. The zero-order valence-electron chi connectivity index (χ0n) is 18.4. The van der Waals surface area contributed by atoms with Crippen molar-refractivity contribution < 1.29 is 18.0 Å². The van der Waals surface area contributed by atoms with Gasteiger partial charge in [0.1, 0.15) is 6.33 Å². The van der Waals surface area contributed by atoms with E-state index in [0.29, 0.717) is 16.8 Å². The number of benzene rings is 3. The average molecular weight is 461 g/mol. The zero-order chi connectivity index (χ0) is 24.1. The smallest absolute Gasteiger partial charge is 0.322 e. The second kappa shape index (κ2) is 9.87. The van der Waals surface area contributed by atoms with Crippen molar-refractivity contribution in [3.8, 4) is 11.1 Å². The van der Waals surface area contributed by atoms with E-state index in [1.165, 1.54) is 19.3 Å². The van der Waals surface area contributed by atoms with Gasteiger partial charge in [-0.3, -0.25) is 4.79 Å². The average Bonchev–Trinajstić information content (AvgIpc) is 2.84. The number of halogens is 3. The fourth-order valence-corrected chi connectivity index (χ4v) is 3.75. The maximum Gasteiger partial charge on any atom is 0.416 e. The Morgan fingerprint density at radius 2 is 1.68 bits per heavy atom. The van der Waals surface area contributed by atoms with Gasteiger partial charge in [0.15, 0.2) is 0 Å². The number of nitrogens with zero attached hydrogens (tertiary/aromatic N) is 2. The number of aryl methyl sites for hydroxylation is 3. The normalized spacial score (nSPS) is 11.3. The Bertz CT molecular complexity index is 1270. The topological polar surface area (TPSA) is 54.9 Å². The van der Waals surface area contributed by atoms with E-state index >= 15 is 0 Å². The summed E-state index contributed by atoms with van der Waals surface area (Å²) in [6, 6.07) is 20.4. The molecule has 7 heteroatoms. The van der Waals surface area contributed by atoms with Crippen LogP contribution in [0.15, 0.2) is 85.3 Å². The molecule has 34 heavy (non-hydrogen) atoms. The second-order valence-electron chi connectivity index (χ2n) is 7.93. The molecule has 0 spiro atoms. The molecule has 0 atom stereocenters. The van der Waals surface area contributed by atoms with Crippen LogP contribution in [0.25, 0.3) is 11.1 Å². The van der Waals surface area contributed by atoms with Crippen molar-refractivity contribution >= 4 is 11.6 Å². The van der Waals surface area contributed by atoms with Crippen molar-refractivity contribution in [2.75, 3.05) is 5.32 Å². The Balaban J connectivity index is 1.57. The Labute approximate surface area is 195 Å². The Morgan fingerprint density at radius 3 is 2.32 bits per heavy atom. The third-order valence-corrected chi connectivity index (χ3v) is 5.52. The van der Waals surface area contributed by atoms with Gasteiger partial charge < -0.3 is 5.32 Å². The molecular formula is C27H22F3N3O. The lowest BCUT2D eigenvalue weighted by Gasteiger charge is -2.17. The fourth-order valence-electron chi connectivity index (χ4n) is 3.75. The van der Waals surface area contributed by atoms with Crippen molar-refractivity contribution in [1.29, 1.82) is 0 Å². The number of rotatable bonds is 6. The number of hydrogen-bond acceptors (Lipinski definition) is 3. The summed E-state index contributed by atoms with van der Waals surface area (Å²) in [6.07, 6.45) is 0.154. The standard InChI is InChI=1S/C27H22F3N3O/c1-18-15-23(20-5-3-2-4-6-20)24(16-25(18)27(28,29)30)26(34)33-22-11-8-19(9-12-22)7-10-21-13-14-31-17-32-21/h2-6,8-9,11-17H,7,10H2,1H3,(H,33,34). The highest BCUT2D eigenvalue weighted by atomic mass is 19.4. The number of hydrogen-bond donors (Lipinski definition) is 1. The summed E-state index contributed by atoms with van der Waals surface area (Å²) < 4.78 is 40.7. The summed E-state index contributed by atoms with van der Waals surface area (Å²) in [5.41, 5.74) is 2.82. The Kier molecular flexibility index (Phi) is 6.72. The van der Waals surface area contributed by atoms with E-state index in [0.717, 1.165) is 30.2 Å². The Hall–Kier alpha value is -4.00. The van der Waals surface area contributed by atoms with Gasteiger partial charge in [-0.25, -0.2) is 9.97 Å². The number of carbonyl (C=O) groups excluding carboxylic acids is 1. The lowest BCUT2D eigenvalue weighted by molar-refractivity contribution is -0.138. The van der Waals surface area contributed by atoms with Crippen molar-refractivity contribution in [2.45, 2.75) is 25.9 Å². The summed E-state index contributed by atoms with van der Waals surface area (Å²) in [5, 5.41) is 2.74. The highest BCUT2D eigenvalue weighted by Gasteiger charge is 2.34. The fraction of sp³-hybridized carbons (Fsp3) is 0.148. The van der Waals surface area contributed by atoms with Crippen LogP contribution in [0.3, 0.4) is 0 Å². The molecule has 3 aromatic carbocycles. The molecule has 4 rings (SSSR count). The minimum Gasteiger partial charge on any atom is -0.322 e. The molecule has 1 aromatic heterocycles. The first-order chi connectivity index (χ1) is 16.3. The van der Waals surface area contributed by atoms with Gasteiger partial charge in [-0.15, -0.1) is 0 Å². The number of carbonyl (C=O) groups is 1. The van der Waals surface area contributed by atoms with Gasteiger partial charge in [-0.05, 0) is 66.3 Å². The molecule has 172 valence electrons. The van der Waals surface area contributed by atoms with E-state index in [2.05, 4.69) is 15.3 Å². The molecule has 1 N–H and O–H groups in total. The molecule has 0 aliphatic heterocycles. The highest BCUT2D eigenvalue weighted by Crippen LogP contribution is 2.36. The first-order valence-corrected chi connectivity index (χ1v) is 10.7. The van der Waals surface area contributed by atoms with Crippen LogP contribution < -0.4 is 5.32 Å². The highest BCUT2D eigenvalue weighted by molar-refractivity contribution is 6.09. The number of nitrogens with one attached hydrogen (secondary N) is 1. The van der Waals surface area contributed by atoms with Crippen LogP contribution in [0.4, 0.5) is 18.9 Å². The van der Waals surface area contributed by atoms with Gasteiger partial charge in [-0.1, -0.05) is 48.5 Å². The van der Waals surface area contributed by atoms with E-state index in [-0.39, 0.29) is 11.1 Å². The summed E-state index contributed by atoms with van der Waals surface area (Å²) in [7, 11) is 0. The number of alkyl halides is 3. The minimum atomic E-state index is -4.56. The minimum absolute atomic E-state index is 0.0306. The van der Waals surface area contributed by atoms with Crippen molar-refractivity contribution in [3.63, 3.8) is 0 Å². The van der Waals surface area contributed by atoms with Gasteiger partial charge >= 0.3 is 6.18 Å². The van der Waals surface area contributed by atoms with E-state index in [4.69, 9.17) is 0 Å². The van der Waals surface area contributed by atoms with Crippen LogP contribution >= 0.6 is 0 Å². The van der Waals surface area contributed by atoms with Gasteiger partial charge in [-0.2, -0.15) is 13.2 Å². The van der Waals surface area contributed by atoms with Gasteiger partial charge in [0, 0.05) is 23.1 Å². The van der Waals surface area contributed by atoms with Crippen molar-refractivity contribution in [2.24, 2.45) is 0 Å². The maximum absolute atomic E-state index is 13.6. The molecule has 1 amide bonds. The largest absolute Gasteiger partial charge is 0.416 e. The predicted molar refractivity (Wildman–Crippen MR) is 125 cm³/mol. The molecular weight excluding hydrogens is 439 g/mol. The second-order valence-corrected chi connectivity index (χ2v) is 7.93. The molecule has 4 aromatic rings. The predicted octanol–water partition coefficient (Wildman–Crippen LogP) is 6.51. The van der Waals surface area contributed by atoms with Crippen LogP contribution in [0.5, 0.6) is 0 Å². The van der Waals surface area contributed by atoms with Crippen molar-refractivity contribution in [3.05, 3.63) is 113 Å². The first-order valence-electron chi connectivity index (χ1n) is 10.7. The molecule has 0 unspecified atom stereocenters. The number of amides is 1. The molecule has 0 saturated heterocycles. The molecule has 0 bridgehead atoms. The first kappa shape index (κ1) is 23.2. The SMILES string of the molecule is Cc1cc(-c2ccccc2)c(C(=O)Nc2ccc(CCc3ccncn3)cc2)cc1C(F)(F)F. The summed E-state index contributed by atoms with van der Waals surface area (Å²) >= 11 is 0. The van der Waals surface area contributed by atoms with Crippen LogP contribution in [-0.2, 0) is 19.0 Å². The summed E-state index contributed by atoms with van der Waals surface area (Å²) in [4.78, 5) is 21.2. The number of aromatic nitrogens is 2.